The van der Waals surface area contributed by atoms with Gasteiger partial charge in [-0.15, -0.1) is 11.3 Å². The van der Waals surface area contributed by atoms with Crippen molar-refractivity contribution in [3.8, 4) is 0 Å². The molecule has 2 N–H and O–H groups in total. The fourth-order valence-electron chi connectivity index (χ4n) is 1.75. The van der Waals surface area contributed by atoms with Crippen molar-refractivity contribution >= 4 is 22.4 Å². The van der Waals surface area contributed by atoms with Crippen LogP contribution in [0.5, 0.6) is 0 Å². The number of nitrogens with one attached hydrogen (secondary N) is 1. The van der Waals surface area contributed by atoms with Gasteiger partial charge in [-0.1, -0.05) is 0 Å². The summed E-state index contributed by atoms with van der Waals surface area (Å²) in [7, 11) is 1.84. The van der Waals surface area contributed by atoms with Crippen LogP contribution in [0.4, 0.5) is 5.13 Å². The molecule has 0 saturated carbocycles. The lowest BCUT2D eigenvalue weighted by Gasteiger charge is -2.16. The number of nitrogens with zero attached hydrogens (tertiary/aromatic N) is 2. The standard InChI is InChI=1S/C9H13N3O2S/c1-12-5-6(13)4-7(12)8(14)11-9-10-2-3-15-9/h2-3,6-7,13H,4-5H2,1H3,(H,10,11,14). The van der Waals surface area contributed by atoms with Gasteiger partial charge < -0.3 is 10.4 Å². The van der Waals surface area contributed by atoms with Gasteiger partial charge in [0.2, 0.25) is 5.91 Å². The van der Waals surface area contributed by atoms with E-state index in [1.807, 2.05) is 17.3 Å². The number of carbonyl (C=O) groups is 1. The van der Waals surface area contributed by atoms with Crippen molar-refractivity contribution < 1.29 is 9.90 Å². The molecule has 0 aromatic carbocycles. The molecule has 6 heteroatoms. The minimum Gasteiger partial charge on any atom is -0.392 e. The van der Waals surface area contributed by atoms with E-state index in [0.717, 1.165) is 0 Å². The number of aliphatic hydroxyl groups is 1. The van der Waals surface area contributed by atoms with Crippen LogP contribution < -0.4 is 5.32 Å². The van der Waals surface area contributed by atoms with Gasteiger partial charge in [-0.25, -0.2) is 4.98 Å². The summed E-state index contributed by atoms with van der Waals surface area (Å²) in [5, 5.41) is 14.6. The largest absolute Gasteiger partial charge is 0.392 e. The van der Waals surface area contributed by atoms with Crippen LogP contribution in [0.1, 0.15) is 6.42 Å². The molecule has 1 amide bonds. The summed E-state index contributed by atoms with van der Waals surface area (Å²) < 4.78 is 0. The summed E-state index contributed by atoms with van der Waals surface area (Å²) in [4.78, 5) is 17.6. The third-order valence-electron chi connectivity index (χ3n) is 2.49. The van der Waals surface area contributed by atoms with E-state index < -0.39 is 6.10 Å². The molecule has 0 aliphatic carbocycles. The number of thiazole rings is 1. The first-order valence-corrected chi connectivity index (χ1v) is 5.63. The van der Waals surface area contributed by atoms with Crippen molar-refractivity contribution in [3.05, 3.63) is 11.6 Å². The number of amides is 1. The average molecular weight is 227 g/mol. The van der Waals surface area contributed by atoms with Crippen molar-refractivity contribution in [2.45, 2.75) is 18.6 Å². The van der Waals surface area contributed by atoms with Gasteiger partial charge in [-0.3, -0.25) is 9.69 Å². The minimum absolute atomic E-state index is 0.0935. The van der Waals surface area contributed by atoms with E-state index in [9.17, 15) is 9.90 Å². The van der Waals surface area contributed by atoms with Gasteiger partial charge in [0, 0.05) is 18.1 Å². The number of rotatable bonds is 2. The van der Waals surface area contributed by atoms with Gasteiger partial charge >= 0.3 is 0 Å². The molecule has 2 rings (SSSR count). The van der Waals surface area contributed by atoms with Gasteiger partial charge in [-0.2, -0.15) is 0 Å². The number of hydrogen-bond acceptors (Lipinski definition) is 5. The molecule has 1 aromatic heterocycles. The molecule has 1 aromatic rings. The number of anilines is 1. The Bertz CT molecular complexity index is 341. The summed E-state index contributed by atoms with van der Waals surface area (Å²) >= 11 is 1.39. The first kappa shape index (κ1) is 10.5. The summed E-state index contributed by atoms with van der Waals surface area (Å²) in [6, 6.07) is -0.246. The molecule has 1 saturated heterocycles. The zero-order chi connectivity index (χ0) is 10.8. The lowest BCUT2D eigenvalue weighted by Crippen LogP contribution is -2.37. The molecular weight excluding hydrogens is 214 g/mol. The molecule has 0 spiro atoms. The van der Waals surface area contributed by atoms with Gasteiger partial charge in [0.25, 0.3) is 0 Å². The molecule has 1 fully saturated rings. The number of aromatic nitrogens is 1. The third-order valence-corrected chi connectivity index (χ3v) is 3.18. The Morgan fingerprint density at radius 3 is 3.13 bits per heavy atom. The van der Waals surface area contributed by atoms with E-state index in [4.69, 9.17) is 0 Å². The second kappa shape index (κ2) is 4.26. The van der Waals surface area contributed by atoms with Crippen molar-refractivity contribution in [2.24, 2.45) is 0 Å². The molecule has 2 heterocycles. The zero-order valence-electron chi connectivity index (χ0n) is 8.38. The second-order valence-corrected chi connectivity index (χ2v) is 4.57. The number of likely N-dealkylation sites (N-methyl/N-ethyl adjacent to an activating group) is 1. The topological polar surface area (TPSA) is 65.5 Å². The Morgan fingerprint density at radius 1 is 1.80 bits per heavy atom. The highest BCUT2D eigenvalue weighted by Gasteiger charge is 2.33. The molecule has 5 nitrogen and oxygen atoms in total. The lowest BCUT2D eigenvalue weighted by atomic mass is 10.2. The molecular formula is C9H13N3O2S. The van der Waals surface area contributed by atoms with Crippen LogP contribution in [0.25, 0.3) is 0 Å². The van der Waals surface area contributed by atoms with Crippen LogP contribution in [0.3, 0.4) is 0 Å². The highest BCUT2D eigenvalue weighted by Crippen LogP contribution is 2.18. The quantitative estimate of drug-likeness (QED) is 0.754. The maximum atomic E-state index is 11.8. The van der Waals surface area contributed by atoms with E-state index in [1.54, 1.807) is 6.20 Å². The molecule has 0 bridgehead atoms. The summed E-state index contributed by atoms with van der Waals surface area (Å²) in [6.45, 7) is 0.552. The van der Waals surface area contributed by atoms with E-state index >= 15 is 0 Å². The molecule has 82 valence electrons. The minimum atomic E-state index is -0.401. The van der Waals surface area contributed by atoms with Crippen LogP contribution in [0.2, 0.25) is 0 Å². The van der Waals surface area contributed by atoms with Gasteiger partial charge in [0.05, 0.1) is 12.1 Å². The predicted molar refractivity (Wildman–Crippen MR) is 57.8 cm³/mol. The number of hydrogen-bond donors (Lipinski definition) is 2. The van der Waals surface area contributed by atoms with Crippen LogP contribution in [-0.4, -0.2) is 46.6 Å². The van der Waals surface area contributed by atoms with Crippen molar-refractivity contribution in [3.63, 3.8) is 0 Å². The number of β-amino-alcohol motifs (C(OH)–C–C–N with tert-alkyl or cyclic N) is 1. The molecule has 2 atom stereocenters. The smallest absolute Gasteiger partial charge is 0.243 e. The lowest BCUT2D eigenvalue weighted by molar-refractivity contribution is -0.120. The third kappa shape index (κ3) is 2.34. The fourth-order valence-corrected chi connectivity index (χ4v) is 2.28. The normalized spacial score (nSPS) is 26.8. The highest BCUT2D eigenvalue weighted by atomic mass is 32.1. The Kier molecular flexibility index (Phi) is 2.99. The average Bonchev–Trinajstić information content (AvgIpc) is 2.75. The number of carbonyl (C=O) groups excluding carboxylic acids is 1. The van der Waals surface area contributed by atoms with Crippen LogP contribution in [0, 0.1) is 0 Å². The van der Waals surface area contributed by atoms with Crippen LogP contribution in [-0.2, 0) is 4.79 Å². The number of likely N-dealkylation sites (tertiary alicyclic amines) is 1. The molecule has 1 aliphatic rings. The molecule has 2 unspecified atom stereocenters. The van der Waals surface area contributed by atoms with Gasteiger partial charge in [-0.05, 0) is 13.5 Å². The van der Waals surface area contributed by atoms with E-state index in [2.05, 4.69) is 10.3 Å². The Labute approximate surface area is 91.7 Å². The van der Waals surface area contributed by atoms with Crippen LogP contribution in [0.15, 0.2) is 11.6 Å². The van der Waals surface area contributed by atoms with Crippen LogP contribution >= 0.6 is 11.3 Å². The first-order valence-electron chi connectivity index (χ1n) is 4.75. The Morgan fingerprint density at radius 2 is 2.60 bits per heavy atom. The SMILES string of the molecule is CN1CC(O)CC1C(=O)Nc1nccs1. The summed E-state index contributed by atoms with van der Waals surface area (Å²) in [5.74, 6) is -0.0935. The maximum Gasteiger partial charge on any atom is 0.243 e. The van der Waals surface area contributed by atoms with Crippen molar-refractivity contribution in [2.75, 3.05) is 18.9 Å². The van der Waals surface area contributed by atoms with Gasteiger partial charge in [0.15, 0.2) is 5.13 Å². The van der Waals surface area contributed by atoms with Gasteiger partial charge in [0.1, 0.15) is 0 Å². The van der Waals surface area contributed by atoms with E-state index in [0.29, 0.717) is 18.1 Å². The summed E-state index contributed by atoms with van der Waals surface area (Å²) in [6.07, 6.45) is 1.74. The second-order valence-electron chi connectivity index (χ2n) is 3.67. The monoisotopic (exact) mass is 227 g/mol. The zero-order valence-corrected chi connectivity index (χ0v) is 9.20. The molecule has 0 radical (unpaired) electrons. The van der Waals surface area contributed by atoms with Crippen molar-refractivity contribution in [1.29, 1.82) is 0 Å². The summed E-state index contributed by atoms with van der Waals surface area (Å²) in [5.41, 5.74) is 0. The predicted octanol–water partition coefficient (Wildman–Crippen LogP) is 0.147. The Balaban J connectivity index is 1.97. The maximum absolute atomic E-state index is 11.8. The first-order chi connectivity index (χ1) is 7.16. The molecule has 15 heavy (non-hydrogen) atoms. The van der Waals surface area contributed by atoms with E-state index in [1.165, 1.54) is 11.3 Å². The Hall–Kier alpha value is -0.980. The van der Waals surface area contributed by atoms with E-state index in [-0.39, 0.29) is 11.9 Å². The fraction of sp³-hybridized carbons (Fsp3) is 0.556. The molecule has 1 aliphatic heterocycles. The highest BCUT2D eigenvalue weighted by molar-refractivity contribution is 7.13. The van der Waals surface area contributed by atoms with Crippen molar-refractivity contribution in [1.82, 2.24) is 9.88 Å². The number of aliphatic hydroxyl groups excluding tert-OH is 1.